The highest BCUT2D eigenvalue weighted by atomic mass is 32.1. The molecule has 0 amide bonds. The molecule has 0 radical (unpaired) electrons. The van der Waals surface area contributed by atoms with Crippen LogP contribution in [0, 0.1) is 13.8 Å². The van der Waals surface area contributed by atoms with Gasteiger partial charge in [0.25, 0.3) is 0 Å². The van der Waals surface area contributed by atoms with Crippen molar-refractivity contribution >= 4 is 45.4 Å². The number of rotatable bonds is 6. The Morgan fingerprint density at radius 1 is 0.550 bits per heavy atom. The van der Waals surface area contributed by atoms with Crippen LogP contribution in [0.3, 0.4) is 0 Å². The van der Waals surface area contributed by atoms with Crippen LogP contribution < -0.4 is 20.9 Å². The first kappa shape index (κ1) is 24.8. The highest BCUT2D eigenvalue weighted by Gasteiger charge is 2.30. The van der Waals surface area contributed by atoms with E-state index in [-0.39, 0.29) is 12.1 Å². The van der Waals surface area contributed by atoms with Crippen LogP contribution in [0.1, 0.15) is 44.1 Å². The van der Waals surface area contributed by atoms with Gasteiger partial charge in [0.2, 0.25) is 0 Å². The Morgan fingerprint density at radius 3 is 1.38 bits per heavy atom. The summed E-state index contributed by atoms with van der Waals surface area (Å²) in [5.74, 6) is 0. The third-order valence-corrected chi connectivity index (χ3v) is 9.31. The first-order valence-corrected chi connectivity index (χ1v) is 15.2. The summed E-state index contributed by atoms with van der Waals surface area (Å²) in [6.45, 7) is 4.28. The summed E-state index contributed by atoms with van der Waals surface area (Å²) in [6.07, 6.45) is 4.67. The molecule has 0 fully saturated rings. The third-order valence-electron chi connectivity index (χ3n) is 7.42. The van der Waals surface area contributed by atoms with Crippen molar-refractivity contribution < 1.29 is 0 Å². The van der Waals surface area contributed by atoms with Crippen LogP contribution in [0.5, 0.6) is 0 Å². The Balaban J connectivity index is 1.17. The van der Waals surface area contributed by atoms with Gasteiger partial charge in [0.05, 0.1) is 22.8 Å². The van der Waals surface area contributed by atoms with Crippen molar-refractivity contribution in [2.24, 2.45) is 0 Å². The molecule has 4 nitrogen and oxygen atoms in total. The fourth-order valence-corrected chi connectivity index (χ4v) is 7.00. The summed E-state index contributed by atoms with van der Waals surface area (Å²) >= 11 is 3.58. The fourth-order valence-electron chi connectivity index (χ4n) is 5.43. The predicted octanol–water partition coefficient (Wildman–Crippen LogP) is 8.64. The molecule has 0 saturated carbocycles. The van der Waals surface area contributed by atoms with Crippen molar-refractivity contribution in [2.75, 3.05) is 10.0 Å². The lowest BCUT2D eigenvalue weighted by Gasteiger charge is -2.27. The van der Waals surface area contributed by atoms with Gasteiger partial charge in [-0.3, -0.25) is 20.9 Å². The average molecular weight is 559 g/mol. The maximum absolute atomic E-state index is 3.70. The Morgan fingerprint density at radius 2 is 1.00 bits per heavy atom. The van der Waals surface area contributed by atoms with E-state index in [1.165, 1.54) is 32.0 Å². The molecule has 2 aliphatic rings. The van der Waals surface area contributed by atoms with Crippen LogP contribution >= 0.6 is 22.7 Å². The zero-order valence-electron chi connectivity index (χ0n) is 22.4. The van der Waals surface area contributed by atoms with Crippen molar-refractivity contribution in [2.45, 2.75) is 25.9 Å². The van der Waals surface area contributed by atoms with Gasteiger partial charge in [0, 0.05) is 9.75 Å². The van der Waals surface area contributed by atoms with E-state index >= 15 is 0 Å². The number of hydrogen-bond donors (Lipinski definition) is 2. The summed E-state index contributed by atoms with van der Waals surface area (Å²) in [7, 11) is 0. The molecule has 3 aromatic carbocycles. The number of nitrogens with one attached hydrogen (secondary N) is 2. The smallest absolute Gasteiger partial charge is 0.105 e. The molecule has 2 aromatic heterocycles. The number of aryl methyl sites for hydroxylation is 2. The van der Waals surface area contributed by atoms with Crippen molar-refractivity contribution in [1.82, 2.24) is 10.9 Å². The summed E-state index contributed by atoms with van der Waals surface area (Å²) < 4.78 is 0. The van der Waals surface area contributed by atoms with Gasteiger partial charge in [0.15, 0.2) is 0 Å². The first-order valence-electron chi connectivity index (χ1n) is 13.5. The molecule has 0 spiro atoms. The van der Waals surface area contributed by atoms with Crippen molar-refractivity contribution in [3.63, 3.8) is 0 Å². The molecule has 5 aromatic rings. The van der Waals surface area contributed by atoms with Crippen molar-refractivity contribution in [3.8, 4) is 0 Å². The highest BCUT2D eigenvalue weighted by molar-refractivity contribution is 7.10. The van der Waals surface area contributed by atoms with E-state index in [4.69, 9.17) is 0 Å². The minimum absolute atomic E-state index is 0.144. The quantitative estimate of drug-likeness (QED) is 0.218. The summed E-state index contributed by atoms with van der Waals surface area (Å²) in [5.41, 5.74) is 16.8. The van der Waals surface area contributed by atoms with E-state index in [9.17, 15) is 0 Å². The molecule has 4 heterocycles. The maximum atomic E-state index is 3.70. The molecule has 6 heteroatoms. The molecule has 7 rings (SSSR count). The zero-order valence-corrected chi connectivity index (χ0v) is 24.0. The minimum Gasteiger partial charge on any atom is -0.297 e. The molecule has 2 N–H and O–H groups in total. The molecule has 2 atom stereocenters. The topological polar surface area (TPSA) is 30.5 Å². The number of hydrogen-bond acceptors (Lipinski definition) is 6. The number of nitrogens with zero attached hydrogens (tertiary/aromatic N) is 2. The van der Waals surface area contributed by atoms with Gasteiger partial charge in [0.1, 0.15) is 12.1 Å². The highest BCUT2D eigenvalue weighted by Crippen LogP contribution is 2.39. The van der Waals surface area contributed by atoms with Crippen LogP contribution in [-0.2, 0) is 0 Å². The van der Waals surface area contributed by atoms with Gasteiger partial charge in [-0.15, -0.1) is 22.7 Å². The lowest BCUT2D eigenvalue weighted by atomic mass is 10.1. The van der Waals surface area contributed by atoms with E-state index in [2.05, 4.69) is 155 Å². The molecule has 198 valence electrons. The number of anilines is 2. The number of thiophene rings is 2. The second-order valence-electron chi connectivity index (χ2n) is 10.3. The lowest BCUT2D eigenvalue weighted by molar-refractivity contribution is 0.732. The summed E-state index contributed by atoms with van der Waals surface area (Å²) in [5, 5.41) is 8.84. The zero-order chi connectivity index (χ0) is 27.1. The van der Waals surface area contributed by atoms with Gasteiger partial charge in [-0.25, -0.2) is 0 Å². The predicted molar refractivity (Wildman–Crippen MR) is 170 cm³/mol. The Labute approximate surface area is 243 Å². The molecule has 40 heavy (non-hydrogen) atoms. The average Bonchev–Trinajstić information content (AvgIpc) is 3.79. The van der Waals surface area contributed by atoms with E-state index in [1.54, 1.807) is 22.7 Å². The number of hydrazine groups is 2. The molecule has 2 unspecified atom stereocenters. The van der Waals surface area contributed by atoms with Crippen molar-refractivity contribution in [1.29, 1.82) is 0 Å². The van der Waals surface area contributed by atoms with Gasteiger partial charge in [-0.05, 0) is 95.4 Å². The standard InChI is InChI=1S/C34H30N4S2/c1-23-7-3-9-27(19-23)37-31(33-11-5-17-39-33)21-29(35-37)25-13-15-26(16-14-25)30-22-32(34-12-6-18-40-34)38(36-30)28-10-4-8-24(2)20-28/h3-22,31-32,35-36H,1-2H3. The molecular formula is C34H30N4S2. The van der Waals surface area contributed by atoms with E-state index < -0.39 is 0 Å². The van der Waals surface area contributed by atoms with Crippen molar-refractivity contribution in [3.05, 3.63) is 152 Å². The van der Waals surface area contributed by atoms with E-state index in [0.717, 1.165) is 22.8 Å². The monoisotopic (exact) mass is 558 g/mol. The van der Waals surface area contributed by atoms with Crippen LogP contribution in [0.15, 0.2) is 120 Å². The van der Waals surface area contributed by atoms with Crippen LogP contribution in [-0.4, -0.2) is 0 Å². The maximum Gasteiger partial charge on any atom is 0.105 e. The van der Waals surface area contributed by atoms with Crippen LogP contribution in [0.4, 0.5) is 11.4 Å². The number of benzene rings is 3. The molecule has 0 aliphatic carbocycles. The van der Waals surface area contributed by atoms with E-state index in [0.29, 0.717) is 0 Å². The third kappa shape index (κ3) is 4.70. The fraction of sp³-hybridized carbons (Fsp3) is 0.118. The second-order valence-corrected chi connectivity index (χ2v) is 12.3. The SMILES string of the molecule is Cc1cccc(N2NC(c3ccc(C4=CC(c5cccs5)N(c5cccc(C)c5)N4)cc3)=CC2c2cccs2)c1. The Kier molecular flexibility index (Phi) is 6.42. The molecule has 0 bridgehead atoms. The van der Waals surface area contributed by atoms with Gasteiger partial charge >= 0.3 is 0 Å². The normalized spacial score (nSPS) is 18.4. The largest absolute Gasteiger partial charge is 0.297 e. The van der Waals surface area contributed by atoms with Crippen LogP contribution in [0.25, 0.3) is 11.4 Å². The summed E-state index contributed by atoms with van der Waals surface area (Å²) in [4.78, 5) is 2.63. The Bertz CT molecular complexity index is 1560. The van der Waals surface area contributed by atoms with Gasteiger partial charge in [-0.1, -0.05) is 60.7 Å². The minimum atomic E-state index is 0.144. The lowest BCUT2D eigenvalue weighted by Crippen LogP contribution is -2.33. The second kappa shape index (κ2) is 10.4. The molecule has 0 saturated heterocycles. The molecular weight excluding hydrogens is 529 g/mol. The Hall–Kier alpha value is -4.26. The first-order chi connectivity index (χ1) is 19.6. The van der Waals surface area contributed by atoms with E-state index in [1.807, 2.05) is 0 Å². The van der Waals surface area contributed by atoms with Gasteiger partial charge < -0.3 is 0 Å². The van der Waals surface area contributed by atoms with Crippen LogP contribution in [0.2, 0.25) is 0 Å². The summed E-state index contributed by atoms with van der Waals surface area (Å²) in [6, 6.07) is 35.2. The van der Waals surface area contributed by atoms with Gasteiger partial charge in [-0.2, -0.15) is 0 Å². The molecule has 2 aliphatic heterocycles.